The number of amides is 1. The van der Waals surface area contributed by atoms with Crippen LogP contribution in [0.25, 0.3) is 22.3 Å². The summed E-state index contributed by atoms with van der Waals surface area (Å²) < 4.78 is 11.9. The van der Waals surface area contributed by atoms with Gasteiger partial charge >= 0.3 is 0 Å². The molecule has 8 nitrogen and oxygen atoms in total. The number of aromatic nitrogens is 3. The number of ether oxygens (including phenoxy) is 2. The summed E-state index contributed by atoms with van der Waals surface area (Å²) in [6.07, 6.45) is 5.32. The maximum atomic E-state index is 11.7. The van der Waals surface area contributed by atoms with Gasteiger partial charge in [0, 0.05) is 50.7 Å². The van der Waals surface area contributed by atoms with E-state index in [1.54, 1.807) is 24.2 Å². The molecule has 1 fully saturated rings. The Bertz CT molecular complexity index is 1160. The number of fused-ring (bicyclic) bond motifs is 2. The minimum Gasteiger partial charge on any atom is -0.473 e. The predicted octanol–water partition coefficient (Wildman–Crippen LogP) is 2.81. The molecule has 0 bridgehead atoms. The third-order valence-corrected chi connectivity index (χ3v) is 6.14. The van der Waals surface area contributed by atoms with Crippen molar-refractivity contribution in [1.29, 1.82) is 0 Å². The van der Waals surface area contributed by atoms with Crippen LogP contribution in [0.4, 0.5) is 5.69 Å². The van der Waals surface area contributed by atoms with Crippen molar-refractivity contribution in [1.82, 2.24) is 19.9 Å². The molecule has 0 unspecified atom stereocenters. The van der Waals surface area contributed by atoms with Gasteiger partial charge in [0.25, 0.3) is 0 Å². The number of pyridine rings is 1. The van der Waals surface area contributed by atoms with Crippen LogP contribution in [0.15, 0.2) is 36.7 Å². The minimum atomic E-state index is -0.205. The molecule has 0 radical (unpaired) electrons. The highest BCUT2D eigenvalue weighted by Crippen LogP contribution is 2.32. The largest absolute Gasteiger partial charge is 0.473 e. The van der Waals surface area contributed by atoms with Crippen molar-refractivity contribution in [3.63, 3.8) is 0 Å². The van der Waals surface area contributed by atoms with Crippen LogP contribution in [-0.4, -0.2) is 71.8 Å². The molecular formula is C24H29N5O3S. The van der Waals surface area contributed by atoms with Crippen LogP contribution in [0.2, 0.25) is 0 Å². The Balaban J connectivity index is 0.00000259. The molecule has 0 spiro atoms. The summed E-state index contributed by atoms with van der Waals surface area (Å²) in [6, 6.07) is 8.44. The van der Waals surface area contributed by atoms with E-state index >= 15 is 0 Å². The fourth-order valence-corrected chi connectivity index (χ4v) is 4.41. The van der Waals surface area contributed by atoms with Crippen LogP contribution in [0, 0.1) is 0 Å². The number of anilines is 1. The standard InChI is InChI=1S/C24H27N5O3.H2S/c1-16(30)29-10-11-31-19(14-29)15-32-24-23-21(25-7-8-26-23)13-20(27-24)17-5-6-22-18(12-17)4-3-9-28(22)2;/h5-8,12-13,19H,3-4,9-11,14-15H2,1-2H3;1H2/t19-;/m0./s1. The summed E-state index contributed by atoms with van der Waals surface area (Å²) >= 11 is 0. The molecule has 0 N–H and O–H groups in total. The molecule has 1 atom stereocenters. The van der Waals surface area contributed by atoms with Gasteiger partial charge < -0.3 is 19.3 Å². The second kappa shape index (κ2) is 9.93. The van der Waals surface area contributed by atoms with Crippen molar-refractivity contribution in [2.24, 2.45) is 0 Å². The Morgan fingerprint density at radius 3 is 2.91 bits per heavy atom. The van der Waals surface area contributed by atoms with Gasteiger partial charge in [-0.3, -0.25) is 9.78 Å². The summed E-state index contributed by atoms with van der Waals surface area (Å²) in [6.45, 7) is 4.58. The monoisotopic (exact) mass is 467 g/mol. The number of morpholine rings is 1. The molecule has 2 aliphatic heterocycles. The van der Waals surface area contributed by atoms with E-state index in [0.717, 1.165) is 36.2 Å². The van der Waals surface area contributed by atoms with Gasteiger partial charge in [0.05, 0.1) is 24.4 Å². The van der Waals surface area contributed by atoms with E-state index in [1.165, 1.54) is 11.3 Å². The maximum Gasteiger partial charge on any atom is 0.242 e. The van der Waals surface area contributed by atoms with Gasteiger partial charge in [-0.15, -0.1) is 0 Å². The van der Waals surface area contributed by atoms with Gasteiger partial charge in [-0.25, -0.2) is 9.97 Å². The number of carbonyl (C=O) groups is 1. The molecule has 1 saturated heterocycles. The lowest BCUT2D eigenvalue weighted by molar-refractivity contribution is -0.137. The predicted molar refractivity (Wildman–Crippen MR) is 132 cm³/mol. The van der Waals surface area contributed by atoms with Crippen molar-refractivity contribution in [2.75, 3.05) is 44.8 Å². The number of hydrogen-bond donors (Lipinski definition) is 0. The van der Waals surface area contributed by atoms with Crippen LogP contribution in [0.5, 0.6) is 5.88 Å². The summed E-state index contributed by atoms with van der Waals surface area (Å²) in [5, 5.41) is 0. The number of aryl methyl sites for hydroxylation is 1. The number of carbonyl (C=O) groups excluding carboxylic acids is 1. The summed E-state index contributed by atoms with van der Waals surface area (Å²) in [4.78, 5) is 29.5. The first-order chi connectivity index (χ1) is 15.6. The SMILES string of the molecule is CC(=O)N1CCO[C@H](COc2nc(-c3ccc4c(c3)CCCN4C)cc3nccnc23)C1.S. The van der Waals surface area contributed by atoms with Gasteiger partial charge in [-0.1, -0.05) is 6.07 Å². The Labute approximate surface area is 200 Å². The van der Waals surface area contributed by atoms with Crippen molar-refractivity contribution in [2.45, 2.75) is 25.9 Å². The highest BCUT2D eigenvalue weighted by molar-refractivity contribution is 7.59. The lowest BCUT2D eigenvalue weighted by Gasteiger charge is -2.32. The summed E-state index contributed by atoms with van der Waals surface area (Å²) in [5.74, 6) is 0.483. The molecule has 1 amide bonds. The zero-order chi connectivity index (χ0) is 22.1. The van der Waals surface area contributed by atoms with Gasteiger partial charge in [0.1, 0.15) is 12.7 Å². The summed E-state index contributed by atoms with van der Waals surface area (Å²) in [5.41, 5.74) is 5.80. The molecule has 2 aliphatic rings. The quantitative estimate of drug-likeness (QED) is 0.584. The minimum absolute atomic E-state index is 0. The van der Waals surface area contributed by atoms with E-state index in [9.17, 15) is 4.79 Å². The molecule has 9 heteroatoms. The van der Waals surface area contributed by atoms with E-state index in [2.05, 4.69) is 40.1 Å². The number of rotatable bonds is 4. The van der Waals surface area contributed by atoms with Crippen molar-refractivity contribution < 1.29 is 14.3 Å². The van der Waals surface area contributed by atoms with E-state index < -0.39 is 0 Å². The van der Waals surface area contributed by atoms with Crippen LogP contribution in [0.1, 0.15) is 18.9 Å². The number of nitrogens with zero attached hydrogens (tertiary/aromatic N) is 5. The van der Waals surface area contributed by atoms with E-state index in [4.69, 9.17) is 14.5 Å². The van der Waals surface area contributed by atoms with Gasteiger partial charge in [0.15, 0.2) is 5.52 Å². The van der Waals surface area contributed by atoms with E-state index in [-0.39, 0.29) is 25.5 Å². The zero-order valence-electron chi connectivity index (χ0n) is 19.0. The van der Waals surface area contributed by atoms with E-state index in [0.29, 0.717) is 37.7 Å². The molecule has 174 valence electrons. The van der Waals surface area contributed by atoms with Crippen LogP contribution in [-0.2, 0) is 16.0 Å². The maximum absolute atomic E-state index is 11.7. The van der Waals surface area contributed by atoms with Crippen LogP contribution in [0.3, 0.4) is 0 Å². The number of hydrogen-bond acceptors (Lipinski definition) is 7. The zero-order valence-corrected chi connectivity index (χ0v) is 20.0. The molecular weight excluding hydrogens is 438 g/mol. The molecule has 1 aromatic carbocycles. The highest BCUT2D eigenvalue weighted by Gasteiger charge is 2.23. The third kappa shape index (κ3) is 4.89. The molecule has 4 heterocycles. The van der Waals surface area contributed by atoms with Crippen LogP contribution < -0.4 is 9.64 Å². The van der Waals surface area contributed by atoms with Gasteiger partial charge in [0.2, 0.25) is 11.8 Å². The second-order valence-corrected chi connectivity index (χ2v) is 8.37. The fourth-order valence-electron chi connectivity index (χ4n) is 4.41. The molecule has 5 rings (SSSR count). The first-order valence-corrected chi connectivity index (χ1v) is 11.0. The highest BCUT2D eigenvalue weighted by atomic mass is 32.1. The Kier molecular flexibility index (Phi) is 6.99. The average Bonchev–Trinajstić information content (AvgIpc) is 2.82. The fraction of sp³-hybridized carbons (Fsp3) is 0.417. The molecule has 0 saturated carbocycles. The Morgan fingerprint density at radius 1 is 1.21 bits per heavy atom. The smallest absolute Gasteiger partial charge is 0.242 e. The van der Waals surface area contributed by atoms with E-state index in [1.807, 2.05) is 6.07 Å². The first kappa shape index (κ1) is 23.3. The molecule has 0 aliphatic carbocycles. The number of benzene rings is 1. The Morgan fingerprint density at radius 2 is 2.06 bits per heavy atom. The topological polar surface area (TPSA) is 80.7 Å². The van der Waals surface area contributed by atoms with Gasteiger partial charge in [-0.2, -0.15) is 13.5 Å². The van der Waals surface area contributed by atoms with Crippen molar-refractivity contribution >= 4 is 36.1 Å². The van der Waals surface area contributed by atoms with Crippen LogP contribution >= 0.6 is 13.5 Å². The van der Waals surface area contributed by atoms with Gasteiger partial charge in [-0.05, 0) is 36.6 Å². The molecule has 2 aromatic heterocycles. The lowest BCUT2D eigenvalue weighted by atomic mass is 9.98. The van der Waals surface area contributed by atoms with Crippen molar-refractivity contribution in [3.05, 3.63) is 42.2 Å². The first-order valence-electron chi connectivity index (χ1n) is 11.0. The Hall–Kier alpha value is -2.91. The average molecular weight is 468 g/mol. The summed E-state index contributed by atoms with van der Waals surface area (Å²) in [7, 11) is 2.13. The second-order valence-electron chi connectivity index (χ2n) is 8.37. The normalized spacial score (nSPS) is 17.9. The van der Waals surface area contributed by atoms with Crippen molar-refractivity contribution in [3.8, 4) is 17.1 Å². The molecule has 33 heavy (non-hydrogen) atoms. The third-order valence-electron chi connectivity index (χ3n) is 6.14. The molecule has 3 aromatic rings. The lowest BCUT2D eigenvalue weighted by Crippen LogP contribution is -2.46.